The first kappa shape index (κ1) is 18.2. The summed E-state index contributed by atoms with van der Waals surface area (Å²) >= 11 is 1.63. The predicted octanol–water partition coefficient (Wildman–Crippen LogP) is 2.67. The largest absolute Gasteiger partial charge is 0.465 e. The van der Waals surface area contributed by atoms with E-state index in [9.17, 15) is 9.59 Å². The molecule has 0 radical (unpaired) electrons. The second kappa shape index (κ2) is 8.61. The number of thiophene rings is 1. The minimum atomic E-state index is -0.351. The molecule has 1 atom stereocenters. The van der Waals surface area contributed by atoms with Gasteiger partial charge in [-0.1, -0.05) is 18.2 Å². The molecule has 128 valence electrons. The summed E-state index contributed by atoms with van der Waals surface area (Å²) in [6.45, 7) is 3.06. The number of nitrogens with zero attached hydrogens (tertiary/aromatic N) is 1. The quantitative estimate of drug-likeness (QED) is 0.783. The number of carbonyl (C=O) groups is 2. The monoisotopic (exact) mass is 346 g/mol. The van der Waals surface area contributed by atoms with Crippen molar-refractivity contribution < 1.29 is 14.3 Å². The van der Waals surface area contributed by atoms with Gasteiger partial charge >= 0.3 is 5.97 Å². The van der Waals surface area contributed by atoms with E-state index in [1.165, 1.54) is 7.11 Å². The molecule has 24 heavy (non-hydrogen) atoms. The van der Waals surface area contributed by atoms with E-state index in [1.54, 1.807) is 23.5 Å². The molecule has 0 saturated heterocycles. The molecule has 0 bridgehead atoms. The average molecular weight is 346 g/mol. The molecule has 0 spiro atoms. The lowest BCUT2D eigenvalue weighted by Crippen LogP contribution is -2.42. The van der Waals surface area contributed by atoms with Crippen LogP contribution in [-0.4, -0.2) is 37.0 Å². The number of likely N-dealkylation sites (N-methyl/N-ethyl adjacent to an activating group) is 1. The van der Waals surface area contributed by atoms with Crippen molar-refractivity contribution in [3.05, 3.63) is 57.8 Å². The molecule has 0 aliphatic carbocycles. The van der Waals surface area contributed by atoms with Crippen LogP contribution in [0.3, 0.4) is 0 Å². The summed E-state index contributed by atoms with van der Waals surface area (Å²) in [5.41, 5.74) is 1.55. The van der Waals surface area contributed by atoms with Crippen LogP contribution >= 0.6 is 11.3 Å². The number of rotatable bonds is 7. The molecule has 5 nitrogen and oxygen atoms in total. The number of carbonyl (C=O) groups excluding carboxylic acids is 2. The van der Waals surface area contributed by atoms with E-state index in [2.05, 4.69) is 10.1 Å². The topological polar surface area (TPSA) is 58.6 Å². The van der Waals surface area contributed by atoms with Crippen LogP contribution in [0.15, 0.2) is 41.8 Å². The molecule has 1 aromatic heterocycles. The molecule has 0 unspecified atom stereocenters. The highest BCUT2D eigenvalue weighted by atomic mass is 32.1. The summed E-state index contributed by atoms with van der Waals surface area (Å²) < 4.78 is 4.68. The molecule has 0 aliphatic heterocycles. The standard InChI is InChI=1S/C18H22N2O3S/c1-13(17(21)19-11-16-5-4-10-24-16)20(2)12-14-6-8-15(9-7-14)18(22)23-3/h4-10,13H,11-12H2,1-3H3,(H,19,21)/t13-/m0/s1. The van der Waals surface area contributed by atoms with Crippen LogP contribution in [0.4, 0.5) is 0 Å². The molecular formula is C18H22N2O3S. The Balaban J connectivity index is 1.87. The van der Waals surface area contributed by atoms with Gasteiger partial charge in [-0.2, -0.15) is 0 Å². The first-order chi connectivity index (χ1) is 11.5. The van der Waals surface area contributed by atoms with Crippen LogP contribution in [-0.2, 0) is 22.6 Å². The zero-order valence-corrected chi connectivity index (χ0v) is 14.9. The third-order valence-electron chi connectivity index (χ3n) is 3.86. The molecule has 1 N–H and O–H groups in total. The van der Waals surface area contributed by atoms with Gasteiger partial charge in [-0.3, -0.25) is 9.69 Å². The molecule has 2 aromatic rings. The molecule has 6 heteroatoms. The maximum atomic E-state index is 12.2. The summed E-state index contributed by atoms with van der Waals surface area (Å²) in [5, 5.41) is 4.95. The number of hydrogen-bond acceptors (Lipinski definition) is 5. The van der Waals surface area contributed by atoms with E-state index in [-0.39, 0.29) is 17.9 Å². The lowest BCUT2D eigenvalue weighted by atomic mass is 10.1. The van der Waals surface area contributed by atoms with Crippen LogP contribution in [0.25, 0.3) is 0 Å². The minimum Gasteiger partial charge on any atom is -0.465 e. The van der Waals surface area contributed by atoms with Crippen molar-refractivity contribution in [2.45, 2.75) is 26.1 Å². The maximum Gasteiger partial charge on any atom is 0.337 e. The van der Waals surface area contributed by atoms with Gasteiger partial charge in [0.05, 0.1) is 25.3 Å². The molecular weight excluding hydrogens is 324 g/mol. The summed E-state index contributed by atoms with van der Waals surface area (Å²) in [7, 11) is 3.27. The van der Waals surface area contributed by atoms with Gasteiger partial charge in [-0.25, -0.2) is 4.79 Å². The van der Waals surface area contributed by atoms with Crippen LogP contribution in [0, 0.1) is 0 Å². The third-order valence-corrected chi connectivity index (χ3v) is 4.74. The predicted molar refractivity (Wildman–Crippen MR) is 94.9 cm³/mol. The SMILES string of the molecule is COC(=O)c1ccc(CN(C)[C@@H](C)C(=O)NCc2cccs2)cc1. The van der Waals surface area contributed by atoms with Gasteiger partial charge in [-0.15, -0.1) is 11.3 Å². The Hall–Kier alpha value is -2.18. The van der Waals surface area contributed by atoms with Crippen molar-refractivity contribution in [2.24, 2.45) is 0 Å². The third kappa shape index (κ3) is 4.91. The molecule has 1 amide bonds. The number of amides is 1. The second-order valence-electron chi connectivity index (χ2n) is 5.58. The normalized spacial score (nSPS) is 12.0. The lowest BCUT2D eigenvalue weighted by molar-refractivity contribution is -0.125. The Kier molecular flexibility index (Phi) is 6.52. The first-order valence-electron chi connectivity index (χ1n) is 7.69. The van der Waals surface area contributed by atoms with Crippen LogP contribution in [0.2, 0.25) is 0 Å². The summed E-state index contributed by atoms with van der Waals surface area (Å²) in [6, 6.07) is 10.9. The van der Waals surface area contributed by atoms with Gasteiger partial charge in [-0.05, 0) is 43.1 Å². The van der Waals surface area contributed by atoms with Gasteiger partial charge in [0.2, 0.25) is 5.91 Å². The van der Waals surface area contributed by atoms with Gasteiger partial charge in [0.15, 0.2) is 0 Å². The molecule has 0 saturated carbocycles. The van der Waals surface area contributed by atoms with Gasteiger partial charge in [0, 0.05) is 11.4 Å². The van der Waals surface area contributed by atoms with E-state index in [1.807, 2.05) is 48.5 Å². The van der Waals surface area contributed by atoms with E-state index < -0.39 is 0 Å². The fraction of sp³-hybridized carbons (Fsp3) is 0.333. The van der Waals surface area contributed by atoms with Crippen LogP contribution in [0.5, 0.6) is 0 Å². The smallest absolute Gasteiger partial charge is 0.337 e. The summed E-state index contributed by atoms with van der Waals surface area (Å²) in [4.78, 5) is 26.8. The van der Waals surface area contributed by atoms with Crippen molar-refractivity contribution >= 4 is 23.2 Å². The van der Waals surface area contributed by atoms with Crippen molar-refractivity contribution in [2.75, 3.05) is 14.2 Å². The lowest BCUT2D eigenvalue weighted by Gasteiger charge is -2.24. The Morgan fingerprint density at radius 3 is 2.54 bits per heavy atom. The number of ether oxygens (including phenoxy) is 1. The summed E-state index contributed by atoms with van der Waals surface area (Å²) in [5.74, 6) is -0.353. The Labute approximate surface area is 146 Å². The van der Waals surface area contributed by atoms with Crippen LogP contribution < -0.4 is 5.32 Å². The molecule has 1 heterocycles. The van der Waals surface area contributed by atoms with Crippen molar-refractivity contribution in [1.29, 1.82) is 0 Å². The number of hydrogen-bond donors (Lipinski definition) is 1. The van der Waals surface area contributed by atoms with Crippen molar-refractivity contribution in [3.8, 4) is 0 Å². The highest BCUT2D eigenvalue weighted by Crippen LogP contribution is 2.11. The van der Waals surface area contributed by atoms with Crippen LogP contribution in [0.1, 0.15) is 27.7 Å². The summed E-state index contributed by atoms with van der Waals surface area (Å²) in [6.07, 6.45) is 0. The van der Waals surface area contributed by atoms with Gasteiger partial charge in [0.25, 0.3) is 0 Å². The Morgan fingerprint density at radius 2 is 1.96 bits per heavy atom. The van der Waals surface area contributed by atoms with E-state index >= 15 is 0 Å². The molecule has 0 aliphatic rings. The Morgan fingerprint density at radius 1 is 1.25 bits per heavy atom. The minimum absolute atomic E-state index is 0.00270. The average Bonchev–Trinajstić information content (AvgIpc) is 3.12. The number of esters is 1. The van der Waals surface area contributed by atoms with Gasteiger partial charge < -0.3 is 10.1 Å². The zero-order valence-electron chi connectivity index (χ0n) is 14.1. The van der Waals surface area contributed by atoms with E-state index in [0.717, 1.165) is 10.4 Å². The highest BCUT2D eigenvalue weighted by Gasteiger charge is 2.18. The molecule has 1 aromatic carbocycles. The number of methoxy groups -OCH3 is 1. The van der Waals surface area contributed by atoms with E-state index in [0.29, 0.717) is 18.7 Å². The highest BCUT2D eigenvalue weighted by molar-refractivity contribution is 7.09. The Bertz CT molecular complexity index is 668. The van der Waals surface area contributed by atoms with Crippen molar-refractivity contribution in [3.63, 3.8) is 0 Å². The van der Waals surface area contributed by atoms with Gasteiger partial charge in [0.1, 0.15) is 0 Å². The first-order valence-corrected chi connectivity index (χ1v) is 8.57. The number of nitrogens with one attached hydrogen (secondary N) is 1. The molecule has 0 fully saturated rings. The van der Waals surface area contributed by atoms with E-state index in [4.69, 9.17) is 0 Å². The maximum absolute atomic E-state index is 12.2. The number of benzene rings is 1. The van der Waals surface area contributed by atoms with Crippen molar-refractivity contribution in [1.82, 2.24) is 10.2 Å². The second-order valence-corrected chi connectivity index (χ2v) is 6.61. The zero-order chi connectivity index (χ0) is 17.5. The fourth-order valence-corrected chi connectivity index (χ4v) is 2.87. The fourth-order valence-electron chi connectivity index (χ4n) is 2.22. The molecule has 2 rings (SSSR count).